The molecular weight excluding hydrogens is 322 g/mol. The van der Waals surface area contributed by atoms with Crippen LogP contribution in [0.4, 0.5) is 5.69 Å². The van der Waals surface area contributed by atoms with Gasteiger partial charge >= 0.3 is 0 Å². The summed E-state index contributed by atoms with van der Waals surface area (Å²) < 4.78 is 6.97. The molecule has 0 radical (unpaired) electrons. The summed E-state index contributed by atoms with van der Waals surface area (Å²) in [5, 5.41) is 3.51. The van der Waals surface area contributed by atoms with Crippen molar-refractivity contribution >= 4 is 33.0 Å². The smallest absolute Gasteiger partial charge is 0.142 e. The molecule has 0 bridgehead atoms. The van der Waals surface area contributed by atoms with Crippen molar-refractivity contribution < 1.29 is 4.74 Å². The summed E-state index contributed by atoms with van der Waals surface area (Å²) in [6.45, 7) is 6.23. The monoisotopic (exact) mass is 339 g/mol. The Morgan fingerprint density at radius 1 is 1.11 bits per heavy atom. The Morgan fingerprint density at radius 2 is 1.84 bits per heavy atom. The zero-order valence-corrected chi connectivity index (χ0v) is 13.7. The fraction of sp³-hybridized carbons (Fsp3) is 0.333. The average molecular weight is 340 g/mol. The van der Waals surface area contributed by atoms with Crippen LogP contribution in [0.15, 0.2) is 40.2 Å². The molecule has 1 atom stereocenters. The standard InChI is InChI=1S/C15H18BrNOS/c1-10(2)18-13-7-5-4-6-12(13)17-11(3)14-8-9-15(16)19-14/h4-11,17H,1-3H3. The van der Waals surface area contributed by atoms with Crippen molar-refractivity contribution in [3.8, 4) is 5.75 Å². The number of halogens is 1. The lowest BCUT2D eigenvalue weighted by atomic mass is 10.2. The first-order valence-electron chi connectivity index (χ1n) is 6.33. The SMILES string of the molecule is CC(C)Oc1ccccc1NC(C)c1ccc(Br)s1. The largest absolute Gasteiger partial charge is 0.489 e. The minimum Gasteiger partial charge on any atom is -0.489 e. The quantitative estimate of drug-likeness (QED) is 0.779. The van der Waals surface area contributed by atoms with Gasteiger partial charge < -0.3 is 10.1 Å². The van der Waals surface area contributed by atoms with Gasteiger partial charge in [-0.15, -0.1) is 11.3 Å². The number of benzene rings is 1. The highest BCUT2D eigenvalue weighted by atomic mass is 79.9. The molecule has 0 saturated heterocycles. The summed E-state index contributed by atoms with van der Waals surface area (Å²) in [5.41, 5.74) is 1.04. The second-order valence-electron chi connectivity index (χ2n) is 4.67. The van der Waals surface area contributed by atoms with Crippen LogP contribution in [0.25, 0.3) is 0 Å². The van der Waals surface area contributed by atoms with E-state index < -0.39 is 0 Å². The van der Waals surface area contributed by atoms with Gasteiger partial charge in [0.05, 0.1) is 21.6 Å². The minimum absolute atomic E-state index is 0.175. The van der Waals surface area contributed by atoms with E-state index in [1.807, 2.05) is 32.0 Å². The Bertz CT molecular complexity index is 538. The molecular formula is C15H18BrNOS. The first-order chi connectivity index (χ1) is 9.06. The van der Waals surface area contributed by atoms with Gasteiger partial charge in [0, 0.05) is 4.88 Å². The maximum absolute atomic E-state index is 5.82. The van der Waals surface area contributed by atoms with E-state index >= 15 is 0 Å². The molecule has 0 spiro atoms. The van der Waals surface area contributed by atoms with Gasteiger partial charge in [-0.25, -0.2) is 0 Å². The first-order valence-corrected chi connectivity index (χ1v) is 7.94. The number of ether oxygens (including phenoxy) is 1. The van der Waals surface area contributed by atoms with Crippen molar-refractivity contribution in [2.75, 3.05) is 5.32 Å². The Hall–Kier alpha value is -1.000. The van der Waals surface area contributed by atoms with Crippen LogP contribution in [0, 0.1) is 0 Å². The molecule has 102 valence electrons. The van der Waals surface area contributed by atoms with Crippen molar-refractivity contribution in [2.24, 2.45) is 0 Å². The molecule has 1 heterocycles. The van der Waals surface area contributed by atoms with Gasteiger partial charge in [-0.1, -0.05) is 12.1 Å². The summed E-state index contributed by atoms with van der Waals surface area (Å²) >= 11 is 5.25. The Morgan fingerprint density at radius 3 is 2.47 bits per heavy atom. The molecule has 0 saturated carbocycles. The van der Waals surface area contributed by atoms with E-state index in [0.29, 0.717) is 0 Å². The number of thiophene rings is 1. The van der Waals surface area contributed by atoms with Gasteiger partial charge in [-0.2, -0.15) is 0 Å². The summed E-state index contributed by atoms with van der Waals surface area (Å²) in [7, 11) is 0. The summed E-state index contributed by atoms with van der Waals surface area (Å²) in [6.07, 6.45) is 0.175. The van der Waals surface area contributed by atoms with E-state index in [9.17, 15) is 0 Å². The zero-order chi connectivity index (χ0) is 13.8. The number of rotatable bonds is 5. The molecule has 1 unspecified atom stereocenters. The summed E-state index contributed by atoms with van der Waals surface area (Å²) in [6, 6.07) is 12.5. The first kappa shape index (κ1) is 14.4. The van der Waals surface area contributed by atoms with Crippen LogP contribution in [0.5, 0.6) is 5.75 Å². The van der Waals surface area contributed by atoms with Gasteiger partial charge in [0.15, 0.2) is 0 Å². The minimum atomic E-state index is 0.175. The second-order valence-corrected chi connectivity index (χ2v) is 7.17. The van der Waals surface area contributed by atoms with Crippen LogP contribution < -0.4 is 10.1 Å². The zero-order valence-electron chi connectivity index (χ0n) is 11.3. The molecule has 2 rings (SSSR count). The molecule has 1 aromatic carbocycles. The van der Waals surface area contributed by atoms with E-state index in [0.717, 1.165) is 15.2 Å². The molecule has 2 aromatic rings. The Kier molecular flexibility index (Phi) is 4.88. The number of para-hydroxylation sites is 2. The Balaban J connectivity index is 2.14. The van der Waals surface area contributed by atoms with Crippen molar-refractivity contribution in [3.63, 3.8) is 0 Å². The van der Waals surface area contributed by atoms with E-state index in [-0.39, 0.29) is 12.1 Å². The van der Waals surface area contributed by atoms with Crippen molar-refractivity contribution in [1.29, 1.82) is 0 Å². The summed E-state index contributed by atoms with van der Waals surface area (Å²) in [4.78, 5) is 1.30. The molecule has 0 aliphatic carbocycles. The number of hydrogen-bond donors (Lipinski definition) is 1. The lowest BCUT2D eigenvalue weighted by Gasteiger charge is -2.18. The Labute approximate surface area is 126 Å². The third-order valence-electron chi connectivity index (χ3n) is 2.64. The second kappa shape index (κ2) is 6.44. The molecule has 0 fully saturated rings. The molecule has 1 N–H and O–H groups in total. The highest BCUT2D eigenvalue weighted by molar-refractivity contribution is 9.11. The van der Waals surface area contributed by atoms with Gasteiger partial charge in [0.25, 0.3) is 0 Å². The van der Waals surface area contributed by atoms with E-state index in [1.165, 1.54) is 4.88 Å². The highest BCUT2D eigenvalue weighted by Gasteiger charge is 2.11. The van der Waals surface area contributed by atoms with Gasteiger partial charge in [-0.05, 0) is 61.0 Å². The number of anilines is 1. The fourth-order valence-electron chi connectivity index (χ4n) is 1.81. The molecule has 19 heavy (non-hydrogen) atoms. The average Bonchev–Trinajstić information content (AvgIpc) is 2.78. The van der Waals surface area contributed by atoms with Crippen LogP contribution in [-0.2, 0) is 0 Å². The predicted octanol–water partition coefficient (Wildman–Crippen LogP) is 5.47. The van der Waals surface area contributed by atoms with E-state index in [4.69, 9.17) is 4.74 Å². The molecule has 2 nitrogen and oxygen atoms in total. The van der Waals surface area contributed by atoms with Crippen molar-refractivity contribution in [3.05, 3.63) is 45.1 Å². The number of hydrogen-bond acceptors (Lipinski definition) is 3. The van der Waals surface area contributed by atoms with Crippen molar-refractivity contribution in [2.45, 2.75) is 32.9 Å². The third kappa shape index (κ3) is 3.98. The topological polar surface area (TPSA) is 21.3 Å². The van der Waals surface area contributed by atoms with Crippen LogP contribution in [0.3, 0.4) is 0 Å². The van der Waals surface area contributed by atoms with Crippen molar-refractivity contribution in [1.82, 2.24) is 0 Å². The fourth-order valence-corrected chi connectivity index (χ4v) is 3.23. The molecule has 0 aliphatic heterocycles. The maximum Gasteiger partial charge on any atom is 0.142 e. The summed E-state index contributed by atoms with van der Waals surface area (Å²) in [5.74, 6) is 0.903. The van der Waals surface area contributed by atoms with E-state index in [2.05, 4.69) is 46.4 Å². The van der Waals surface area contributed by atoms with E-state index in [1.54, 1.807) is 11.3 Å². The molecule has 4 heteroatoms. The van der Waals surface area contributed by atoms with Crippen LogP contribution in [-0.4, -0.2) is 6.10 Å². The van der Waals surface area contributed by atoms with Gasteiger partial charge in [-0.3, -0.25) is 0 Å². The predicted molar refractivity (Wildman–Crippen MR) is 86.3 cm³/mol. The number of nitrogens with one attached hydrogen (secondary N) is 1. The molecule has 1 aromatic heterocycles. The van der Waals surface area contributed by atoms with Crippen LogP contribution in [0.2, 0.25) is 0 Å². The molecule has 0 amide bonds. The lowest BCUT2D eigenvalue weighted by Crippen LogP contribution is -2.10. The maximum atomic E-state index is 5.82. The van der Waals surface area contributed by atoms with Gasteiger partial charge in [0.1, 0.15) is 5.75 Å². The third-order valence-corrected chi connectivity index (χ3v) is 4.45. The highest BCUT2D eigenvalue weighted by Crippen LogP contribution is 2.32. The lowest BCUT2D eigenvalue weighted by molar-refractivity contribution is 0.243. The molecule has 0 aliphatic rings. The normalized spacial score (nSPS) is 12.5. The van der Waals surface area contributed by atoms with Crippen LogP contribution >= 0.6 is 27.3 Å². The van der Waals surface area contributed by atoms with Gasteiger partial charge in [0.2, 0.25) is 0 Å². The van der Waals surface area contributed by atoms with Crippen LogP contribution in [0.1, 0.15) is 31.7 Å².